The molecular weight excluding hydrogens is 402 g/mol. The summed E-state index contributed by atoms with van der Waals surface area (Å²) < 4.78 is 5.73. The second kappa shape index (κ2) is 9.13. The zero-order valence-electron chi connectivity index (χ0n) is 17.0. The van der Waals surface area contributed by atoms with Gasteiger partial charge in [0.1, 0.15) is 11.5 Å². The second-order valence-corrected chi connectivity index (χ2v) is 7.03. The Hall–Kier alpha value is -4.47. The lowest BCUT2D eigenvalue weighted by atomic mass is 9.85. The number of nitrogens with zero attached hydrogens (tertiary/aromatic N) is 2. The summed E-state index contributed by atoms with van der Waals surface area (Å²) >= 11 is 0. The molecule has 0 saturated heterocycles. The number of carbonyl (C=O) groups excluding carboxylic acids is 1. The lowest BCUT2D eigenvalue weighted by Crippen LogP contribution is -2.43. The summed E-state index contributed by atoms with van der Waals surface area (Å²) in [6.45, 7) is 0. The molecule has 156 valence electrons. The largest absolute Gasteiger partial charge is 0.455 e. The van der Waals surface area contributed by atoms with Crippen molar-refractivity contribution in [2.45, 2.75) is 5.60 Å². The lowest BCUT2D eigenvalue weighted by molar-refractivity contribution is -0.136. The molecule has 0 radical (unpaired) electrons. The number of aliphatic hydroxyl groups is 1. The van der Waals surface area contributed by atoms with Gasteiger partial charge in [-0.25, -0.2) is 5.43 Å². The van der Waals surface area contributed by atoms with Gasteiger partial charge in [0.25, 0.3) is 5.91 Å². The summed E-state index contributed by atoms with van der Waals surface area (Å²) in [5.41, 5.74) is 2.75. The molecule has 0 aliphatic heterocycles. The van der Waals surface area contributed by atoms with Crippen molar-refractivity contribution in [1.29, 1.82) is 5.26 Å². The van der Waals surface area contributed by atoms with Gasteiger partial charge in [-0.3, -0.25) is 4.79 Å². The van der Waals surface area contributed by atoms with Crippen LogP contribution in [0.25, 0.3) is 11.3 Å². The van der Waals surface area contributed by atoms with E-state index in [9.17, 15) is 9.90 Å². The molecule has 4 rings (SSSR count). The Balaban J connectivity index is 1.53. The molecular formula is C26H19N3O3. The van der Waals surface area contributed by atoms with Gasteiger partial charge in [0.15, 0.2) is 5.60 Å². The molecule has 1 heterocycles. The average Bonchev–Trinajstić information content (AvgIpc) is 3.33. The second-order valence-electron chi connectivity index (χ2n) is 7.03. The maximum absolute atomic E-state index is 13.0. The highest BCUT2D eigenvalue weighted by molar-refractivity contribution is 5.91. The van der Waals surface area contributed by atoms with Gasteiger partial charge in [-0.05, 0) is 47.5 Å². The van der Waals surface area contributed by atoms with E-state index in [1.165, 1.54) is 6.21 Å². The number of rotatable bonds is 6. The molecule has 0 unspecified atom stereocenters. The van der Waals surface area contributed by atoms with Crippen LogP contribution in [0, 0.1) is 11.3 Å². The Morgan fingerprint density at radius 1 is 0.906 bits per heavy atom. The van der Waals surface area contributed by atoms with E-state index in [1.54, 1.807) is 84.9 Å². The van der Waals surface area contributed by atoms with Gasteiger partial charge in [-0.15, -0.1) is 0 Å². The molecule has 0 bridgehead atoms. The van der Waals surface area contributed by atoms with E-state index in [4.69, 9.17) is 9.68 Å². The molecule has 0 aliphatic rings. The van der Waals surface area contributed by atoms with Crippen LogP contribution < -0.4 is 5.43 Å². The van der Waals surface area contributed by atoms with E-state index < -0.39 is 11.5 Å². The Labute approximate surface area is 185 Å². The van der Waals surface area contributed by atoms with Crippen molar-refractivity contribution >= 4 is 12.1 Å². The zero-order valence-corrected chi connectivity index (χ0v) is 17.0. The number of amides is 1. The molecule has 6 nitrogen and oxygen atoms in total. The Kier molecular flexibility index (Phi) is 5.93. The minimum Gasteiger partial charge on any atom is -0.455 e. The minimum atomic E-state index is -1.91. The first kappa shape index (κ1) is 20.8. The number of hydrogen-bond acceptors (Lipinski definition) is 5. The van der Waals surface area contributed by atoms with Gasteiger partial charge in [0.05, 0.1) is 17.8 Å². The van der Waals surface area contributed by atoms with Gasteiger partial charge in [-0.2, -0.15) is 10.4 Å². The standard InChI is InChI=1S/C26H19N3O3/c27-17-19-11-13-20(14-12-19)24-16-15-23(32-24)18-28-29-25(30)26(31,21-7-3-1-4-8-21)22-9-5-2-6-10-22/h1-16,18,31H,(H,29,30)/b28-18+. The van der Waals surface area contributed by atoms with Crippen LogP contribution in [0.15, 0.2) is 107 Å². The molecule has 6 heteroatoms. The van der Waals surface area contributed by atoms with Crippen LogP contribution in [-0.4, -0.2) is 17.2 Å². The highest BCUT2D eigenvalue weighted by atomic mass is 16.3. The van der Waals surface area contributed by atoms with Gasteiger partial charge in [-0.1, -0.05) is 60.7 Å². The van der Waals surface area contributed by atoms with Crippen molar-refractivity contribution in [3.8, 4) is 17.4 Å². The summed E-state index contributed by atoms with van der Waals surface area (Å²) in [5, 5.41) is 24.3. The quantitative estimate of drug-likeness (QED) is 0.360. The predicted octanol–water partition coefficient (Wildman–Crippen LogP) is 4.20. The van der Waals surface area contributed by atoms with E-state index in [0.717, 1.165) is 5.56 Å². The fraction of sp³-hybridized carbons (Fsp3) is 0.0385. The van der Waals surface area contributed by atoms with Crippen LogP contribution in [0.1, 0.15) is 22.5 Å². The van der Waals surface area contributed by atoms with E-state index >= 15 is 0 Å². The topological polar surface area (TPSA) is 98.6 Å². The third-order valence-corrected chi connectivity index (χ3v) is 4.99. The van der Waals surface area contributed by atoms with Gasteiger partial charge in [0.2, 0.25) is 0 Å². The monoisotopic (exact) mass is 421 g/mol. The lowest BCUT2D eigenvalue weighted by Gasteiger charge is -2.26. The molecule has 0 atom stereocenters. The van der Waals surface area contributed by atoms with Crippen LogP contribution in [0.5, 0.6) is 0 Å². The first-order chi connectivity index (χ1) is 15.6. The van der Waals surface area contributed by atoms with E-state index in [0.29, 0.717) is 28.2 Å². The zero-order chi connectivity index (χ0) is 22.4. The molecule has 1 amide bonds. The maximum atomic E-state index is 13.0. The SMILES string of the molecule is N#Cc1ccc(-c2ccc(/C=N/NC(=O)C(O)(c3ccccc3)c3ccccc3)o2)cc1. The summed E-state index contributed by atoms with van der Waals surface area (Å²) in [6.07, 6.45) is 1.36. The average molecular weight is 421 g/mol. The van der Waals surface area contributed by atoms with Crippen molar-refractivity contribution < 1.29 is 14.3 Å². The number of nitriles is 1. The molecule has 0 spiro atoms. The Bertz CT molecular complexity index is 1230. The highest BCUT2D eigenvalue weighted by Crippen LogP contribution is 2.30. The first-order valence-corrected chi connectivity index (χ1v) is 9.88. The first-order valence-electron chi connectivity index (χ1n) is 9.88. The smallest absolute Gasteiger partial charge is 0.281 e. The molecule has 0 saturated carbocycles. The van der Waals surface area contributed by atoms with Crippen LogP contribution in [0.2, 0.25) is 0 Å². The van der Waals surface area contributed by atoms with Crippen LogP contribution in [0.3, 0.4) is 0 Å². The third kappa shape index (κ3) is 4.19. The number of hydrogen-bond donors (Lipinski definition) is 2. The summed E-state index contributed by atoms with van der Waals surface area (Å²) in [7, 11) is 0. The minimum absolute atomic E-state index is 0.424. The number of nitrogens with one attached hydrogen (secondary N) is 1. The fourth-order valence-corrected chi connectivity index (χ4v) is 3.31. The molecule has 0 fully saturated rings. The van der Waals surface area contributed by atoms with E-state index in [-0.39, 0.29) is 0 Å². The normalized spacial score (nSPS) is 11.2. The molecule has 1 aromatic heterocycles. The van der Waals surface area contributed by atoms with Crippen LogP contribution >= 0.6 is 0 Å². The molecule has 3 aromatic carbocycles. The third-order valence-electron chi connectivity index (χ3n) is 4.99. The van der Waals surface area contributed by atoms with Gasteiger partial charge >= 0.3 is 0 Å². The molecule has 4 aromatic rings. The van der Waals surface area contributed by atoms with E-state index in [2.05, 4.69) is 16.6 Å². The Morgan fingerprint density at radius 2 is 1.50 bits per heavy atom. The van der Waals surface area contributed by atoms with Gasteiger partial charge in [0, 0.05) is 5.56 Å². The van der Waals surface area contributed by atoms with Crippen molar-refractivity contribution in [2.24, 2.45) is 5.10 Å². The number of hydrazone groups is 1. The number of furan rings is 1. The predicted molar refractivity (Wildman–Crippen MR) is 120 cm³/mol. The van der Waals surface area contributed by atoms with E-state index in [1.807, 2.05) is 12.1 Å². The summed E-state index contributed by atoms with van der Waals surface area (Å²) in [6, 6.07) is 30.0. The van der Waals surface area contributed by atoms with Crippen LogP contribution in [0.4, 0.5) is 0 Å². The molecule has 0 aliphatic carbocycles. The maximum Gasteiger partial charge on any atom is 0.281 e. The summed E-state index contributed by atoms with van der Waals surface area (Å²) in [5.74, 6) is 0.338. The van der Waals surface area contributed by atoms with Crippen molar-refractivity contribution in [2.75, 3.05) is 0 Å². The highest BCUT2D eigenvalue weighted by Gasteiger charge is 2.39. The number of benzene rings is 3. The Morgan fingerprint density at radius 3 is 2.06 bits per heavy atom. The van der Waals surface area contributed by atoms with Crippen molar-refractivity contribution in [3.63, 3.8) is 0 Å². The summed E-state index contributed by atoms with van der Waals surface area (Å²) in [4.78, 5) is 13.0. The molecule has 32 heavy (non-hydrogen) atoms. The van der Waals surface area contributed by atoms with Crippen molar-refractivity contribution in [1.82, 2.24) is 5.43 Å². The van der Waals surface area contributed by atoms with Crippen molar-refractivity contribution in [3.05, 3.63) is 120 Å². The number of carbonyl (C=O) groups is 1. The fourth-order valence-electron chi connectivity index (χ4n) is 3.31. The van der Waals surface area contributed by atoms with Gasteiger partial charge < -0.3 is 9.52 Å². The molecule has 2 N–H and O–H groups in total. The van der Waals surface area contributed by atoms with Crippen LogP contribution in [-0.2, 0) is 10.4 Å².